The van der Waals surface area contributed by atoms with Crippen LogP contribution in [0.25, 0.3) is 6.08 Å². The molecule has 0 unspecified atom stereocenters. The fraction of sp³-hybridized carbons (Fsp3) is 0.179. The second kappa shape index (κ2) is 12.1. The van der Waals surface area contributed by atoms with Gasteiger partial charge in [-0.3, -0.25) is 9.36 Å². The van der Waals surface area contributed by atoms with Gasteiger partial charge in [0.25, 0.3) is 5.56 Å². The third-order valence-corrected chi connectivity index (χ3v) is 9.37. The van der Waals surface area contributed by atoms with Crippen LogP contribution in [-0.4, -0.2) is 17.1 Å². The Labute approximate surface area is 259 Å². The number of allylic oxidation sites excluding steroid dienone is 1. The molecule has 0 amide bonds. The summed E-state index contributed by atoms with van der Waals surface area (Å²) in [6.07, 6.45) is 1.82. The highest BCUT2D eigenvalue weighted by molar-refractivity contribution is 14.1. The Bertz CT molecular complexity index is 1760. The lowest BCUT2D eigenvalue weighted by Gasteiger charge is -2.23. The molecule has 0 N–H and O–H groups in total. The molecule has 1 aliphatic rings. The topological polar surface area (TPSA) is 69.9 Å². The van der Waals surface area contributed by atoms with Crippen molar-refractivity contribution in [1.82, 2.24) is 4.57 Å². The first-order valence-corrected chi connectivity index (χ1v) is 15.8. The summed E-state index contributed by atoms with van der Waals surface area (Å²) in [6, 6.07) is 14.6. The number of hydrogen-bond donors (Lipinski definition) is 0. The van der Waals surface area contributed by atoms with Crippen molar-refractivity contribution in [3.63, 3.8) is 0 Å². The molecule has 3 heterocycles. The predicted octanol–water partition coefficient (Wildman–Crippen LogP) is 6.46. The molecule has 5 rings (SSSR count). The second-order valence-corrected chi connectivity index (χ2v) is 13.0. The number of ether oxygens (including phenoxy) is 2. The van der Waals surface area contributed by atoms with E-state index in [4.69, 9.17) is 21.1 Å². The van der Waals surface area contributed by atoms with Crippen LogP contribution in [0.1, 0.15) is 35.9 Å². The average Bonchev–Trinajstić information content (AvgIpc) is 3.52. The second-order valence-electron chi connectivity index (χ2n) is 8.54. The molecule has 2 aromatic heterocycles. The van der Waals surface area contributed by atoms with Gasteiger partial charge in [-0.05, 0) is 83.8 Å². The number of benzene rings is 2. The SMILES string of the molecule is CCOC(=O)C1=C(C)N=c2s/c(=C\c3cc(Br)cc(I)c3OCc3ccc(Cl)cc3)c(=O)n2[C@@H]1c1cccs1. The van der Waals surface area contributed by atoms with Crippen LogP contribution in [0, 0.1) is 3.57 Å². The van der Waals surface area contributed by atoms with E-state index in [1.807, 2.05) is 60.0 Å². The van der Waals surface area contributed by atoms with Crippen LogP contribution in [-0.2, 0) is 16.1 Å². The zero-order chi connectivity index (χ0) is 27.7. The van der Waals surface area contributed by atoms with Gasteiger partial charge in [-0.25, -0.2) is 9.79 Å². The molecule has 0 saturated heterocycles. The Morgan fingerprint density at radius 1 is 1.26 bits per heavy atom. The first-order chi connectivity index (χ1) is 18.8. The maximum atomic E-state index is 13.9. The van der Waals surface area contributed by atoms with Gasteiger partial charge in [0.15, 0.2) is 4.80 Å². The number of aromatic nitrogens is 1. The van der Waals surface area contributed by atoms with Crippen LogP contribution >= 0.6 is 72.8 Å². The average molecular weight is 756 g/mol. The molecule has 4 aromatic rings. The Morgan fingerprint density at radius 2 is 2.03 bits per heavy atom. The van der Waals surface area contributed by atoms with Crippen LogP contribution < -0.4 is 19.6 Å². The number of thiophene rings is 1. The predicted molar refractivity (Wildman–Crippen MR) is 167 cm³/mol. The Kier molecular flexibility index (Phi) is 8.77. The molecule has 200 valence electrons. The fourth-order valence-electron chi connectivity index (χ4n) is 4.22. The number of fused-ring (bicyclic) bond motifs is 1. The zero-order valence-electron chi connectivity index (χ0n) is 20.7. The molecule has 0 bridgehead atoms. The lowest BCUT2D eigenvalue weighted by molar-refractivity contribution is -0.139. The lowest BCUT2D eigenvalue weighted by Crippen LogP contribution is -2.39. The highest BCUT2D eigenvalue weighted by Gasteiger charge is 2.34. The number of carbonyl (C=O) groups excluding carboxylic acids is 1. The van der Waals surface area contributed by atoms with Crippen molar-refractivity contribution in [2.45, 2.75) is 26.5 Å². The summed E-state index contributed by atoms with van der Waals surface area (Å²) in [7, 11) is 0. The van der Waals surface area contributed by atoms with E-state index < -0.39 is 12.0 Å². The molecule has 0 fully saturated rings. The third-order valence-electron chi connectivity index (χ3n) is 5.95. The molecule has 0 spiro atoms. The van der Waals surface area contributed by atoms with Gasteiger partial charge < -0.3 is 9.47 Å². The summed E-state index contributed by atoms with van der Waals surface area (Å²) in [4.78, 5) is 32.9. The quantitative estimate of drug-likeness (QED) is 0.161. The molecule has 0 saturated carbocycles. The molecule has 2 aromatic carbocycles. The van der Waals surface area contributed by atoms with Gasteiger partial charge in [0.1, 0.15) is 18.4 Å². The summed E-state index contributed by atoms with van der Waals surface area (Å²) in [6.45, 7) is 4.12. The highest BCUT2D eigenvalue weighted by atomic mass is 127. The summed E-state index contributed by atoms with van der Waals surface area (Å²) < 4.78 is 15.4. The van der Waals surface area contributed by atoms with Gasteiger partial charge in [-0.1, -0.05) is 57.1 Å². The van der Waals surface area contributed by atoms with E-state index in [0.29, 0.717) is 38.0 Å². The smallest absolute Gasteiger partial charge is 0.338 e. The van der Waals surface area contributed by atoms with Gasteiger partial charge in [-0.2, -0.15) is 0 Å². The maximum absolute atomic E-state index is 13.9. The molecular formula is C28H21BrClIN2O4S2. The summed E-state index contributed by atoms with van der Waals surface area (Å²) in [5, 5.41) is 2.59. The van der Waals surface area contributed by atoms with Crippen molar-refractivity contribution in [2.24, 2.45) is 4.99 Å². The fourth-order valence-corrected chi connectivity index (χ4v) is 7.92. The Hall–Kier alpha value is -2.25. The van der Waals surface area contributed by atoms with Crippen LogP contribution in [0.4, 0.5) is 0 Å². The number of carbonyl (C=O) groups is 1. The first kappa shape index (κ1) is 28.3. The van der Waals surface area contributed by atoms with Gasteiger partial charge in [0.2, 0.25) is 0 Å². The molecule has 6 nitrogen and oxygen atoms in total. The molecule has 1 atom stereocenters. The normalized spacial score (nSPS) is 15.2. The van der Waals surface area contributed by atoms with Crippen molar-refractivity contribution < 1.29 is 14.3 Å². The van der Waals surface area contributed by atoms with Crippen molar-refractivity contribution in [3.05, 3.63) is 114 Å². The van der Waals surface area contributed by atoms with E-state index in [-0.39, 0.29) is 12.2 Å². The Balaban J connectivity index is 1.62. The largest absolute Gasteiger partial charge is 0.487 e. The van der Waals surface area contributed by atoms with E-state index in [1.54, 1.807) is 18.4 Å². The van der Waals surface area contributed by atoms with Crippen molar-refractivity contribution in [3.8, 4) is 5.75 Å². The van der Waals surface area contributed by atoms with E-state index in [2.05, 4.69) is 43.5 Å². The molecular weight excluding hydrogens is 735 g/mol. The molecule has 39 heavy (non-hydrogen) atoms. The number of esters is 1. The van der Waals surface area contributed by atoms with Gasteiger partial charge in [-0.15, -0.1) is 11.3 Å². The number of nitrogens with zero attached hydrogens (tertiary/aromatic N) is 2. The highest BCUT2D eigenvalue weighted by Crippen LogP contribution is 2.34. The minimum absolute atomic E-state index is 0.231. The maximum Gasteiger partial charge on any atom is 0.338 e. The van der Waals surface area contributed by atoms with Crippen LogP contribution in [0.15, 0.2) is 79.4 Å². The van der Waals surface area contributed by atoms with Gasteiger partial charge >= 0.3 is 5.97 Å². The number of hydrogen-bond acceptors (Lipinski definition) is 7. The first-order valence-electron chi connectivity index (χ1n) is 11.9. The summed E-state index contributed by atoms with van der Waals surface area (Å²) in [5.74, 6) is 0.198. The number of halogens is 3. The molecule has 0 radical (unpaired) electrons. The van der Waals surface area contributed by atoms with Gasteiger partial charge in [0, 0.05) is 19.9 Å². The third kappa shape index (κ3) is 5.95. The number of rotatable bonds is 7. The van der Waals surface area contributed by atoms with Crippen LogP contribution in [0.5, 0.6) is 5.75 Å². The Morgan fingerprint density at radius 3 is 2.72 bits per heavy atom. The minimum atomic E-state index is -0.606. The van der Waals surface area contributed by atoms with E-state index in [9.17, 15) is 9.59 Å². The minimum Gasteiger partial charge on any atom is -0.487 e. The summed E-state index contributed by atoms with van der Waals surface area (Å²) >= 11 is 14.6. The van der Waals surface area contributed by atoms with Crippen LogP contribution in [0.3, 0.4) is 0 Å². The molecule has 11 heteroatoms. The lowest BCUT2D eigenvalue weighted by atomic mass is 10.0. The monoisotopic (exact) mass is 754 g/mol. The molecule has 0 aliphatic carbocycles. The van der Waals surface area contributed by atoms with E-state index in [1.165, 1.54) is 22.7 Å². The van der Waals surface area contributed by atoms with Crippen molar-refractivity contribution in [2.75, 3.05) is 6.61 Å². The van der Waals surface area contributed by atoms with Crippen molar-refractivity contribution in [1.29, 1.82) is 0 Å². The molecule has 1 aliphatic heterocycles. The van der Waals surface area contributed by atoms with E-state index in [0.717, 1.165) is 24.0 Å². The van der Waals surface area contributed by atoms with Gasteiger partial charge in [0.05, 0.1) is 26.0 Å². The van der Waals surface area contributed by atoms with Crippen LogP contribution in [0.2, 0.25) is 5.02 Å². The number of thiazole rings is 1. The standard InChI is InChI=1S/C28H21BrClIN2O4S2/c1-3-36-27(35)23-15(2)32-28-33(24(23)21-5-4-10-38-21)26(34)22(39-28)12-17-11-18(29)13-20(31)25(17)37-14-16-6-8-19(30)9-7-16/h4-13,24H,3,14H2,1-2H3/b22-12-/t24-/m1/s1. The summed E-state index contributed by atoms with van der Waals surface area (Å²) in [5.41, 5.74) is 2.42. The zero-order valence-corrected chi connectivity index (χ0v) is 26.9. The van der Waals surface area contributed by atoms with Crippen molar-refractivity contribution >= 4 is 84.8 Å². The van der Waals surface area contributed by atoms with E-state index >= 15 is 0 Å².